The summed E-state index contributed by atoms with van der Waals surface area (Å²) >= 11 is 0. The van der Waals surface area contributed by atoms with Crippen LogP contribution in [-0.4, -0.2) is 11.4 Å². The molecule has 2 aromatic carbocycles. The average Bonchev–Trinajstić information content (AvgIpc) is 2.40. The minimum atomic E-state index is -0.300. The Kier molecular flexibility index (Phi) is 3.91. The summed E-state index contributed by atoms with van der Waals surface area (Å²) in [4.78, 5) is 0. The highest BCUT2D eigenvalue weighted by atomic mass is 19.1. The van der Waals surface area contributed by atoms with Gasteiger partial charge < -0.3 is 9.94 Å². The molecule has 2 rings (SSSR count). The molecule has 0 heterocycles. The molecule has 0 amide bonds. The van der Waals surface area contributed by atoms with Crippen molar-refractivity contribution in [2.24, 2.45) is 5.16 Å². The van der Waals surface area contributed by atoms with E-state index in [1.165, 1.54) is 12.3 Å². The average molecular weight is 245 g/mol. The Morgan fingerprint density at radius 2 is 1.83 bits per heavy atom. The summed E-state index contributed by atoms with van der Waals surface area (Å²) in [6, 6.07) is 13.5. The van der Waals surface area contributed by atoms with Crippen LogP contribution in [0.3, 0.4) is 0 Å². The number of nitrogens with zero attached hydrogens (tertiary/aromatic N) is 1. The summed E-state index contributed by atoms with van der Waals surface area (Å²) in [5.74, 6) is 0.240. The van der Waals surface area contributed by atoms with Crippen LogP contribution in [0, 0.1) is 5.82 Å². The van der Waals surface area contributed by atoms with E-state index in [1.807, 2.05) is 0 Å². The number of ether oxygens (including phenoxy) is 1. The summed E-state index contributed by atoms with van der Waals surface area (Å²) in [6.07, 6.45) is 1.27. The monoisotopic (exact) mass is 245 g/mol. The quantitative estimate of drug-likeness (QED) is 0.510. The molecule has 2 aromatic rings. The maximum atomic E-state index is 13.4. The van der Waals surface area contributed by atoms with Gasteiger partial charge >= 0.3 is 0 Å². The van der Waals surface area contributed by atoms with E-state index in [2.05, 4.69) is 5.16 Å². The topological polar surface area (TPSA) is 41.8 Å². The second-order valence-corrected chi connectivity index (χ2v) is 3.66. The van der Waals surface area contributed by atoms with Crippen molar-refractivity contribution >= 4 is 6.21 Å². The van der Waals surface area contributed by atoms with E-state index in [4.69, 9.17) is 9.94 Å². The third-order valence-electron chi connectivity index (χ3n) is 2.46. The van der Waals surface area contributed by atoms with Gasteiger partial charge in [-0.05, 0) is 18.2 Å². The summed E-state index contributed by atoms with van der Waals surface area (Å²) in [5.41, 5.74) is 1.12. The lowest BCUT2D eigenvalue weighted by molar-refractivity contribution is 0.298. The second-order valence-electron chi connectivity index (χ2n) is 3.66. The first-order valence-corrected chi connectivity index (χ1v) is 5.44. The molecule has 0 fully saturated rings. The van der Waals surface area contributed by atoms with Crippen molar-refractivity contribution in [2.45, 2.75) is 6.61 Å². The molecule has 0 aliphatic heterocycles. The number of benzene rings is 2. The molecule has 3 nitrogen and oxygen atoms in total. The zero-order valence-corrected chi connectivity index (χ0v) is 9.58. The number of halogens is 1. The predicted molar refractivity (Wildman–Crippen MR) is 66.6 cm³/mol. The van der Waals surface area contributed by atoms with Crippen LogP contribution in [0.2, 0.25) is 0 Å². The molecule has 18 heavy (non-hydrogen) atoms. The van der Waals surface area contributed by atoms with E-state index >= 15 is 0 Å². The summed E-state index contributed by atoms with van der Waals surface area (Å²) in [6.45, 7) is 0.128. The first kappa shape index (κ1) is 12.1. The van der Waals surface area contributed by atoms with Crippen LogP contribution >= 0.6 is 0 Å². The van der Waals surface area contributed by atoms with Gasteiger partial charge in [0.1, 0.15) is 18.2 Å². The van der Waals surface area contributed by atoms with E-state index in [1.54, 1.807) is 42.5 Å². The Labute approximate surface area is 104 Å². The lowest BCUT2D eigenvalue weighted by atomic mass is 10.2. The molecular formula is C14H12FNO2. The number of rotatable bonds is 4. The zero-order chi connectivity index (χ0) is 12.8. The Morgan fingerprint density at radius 3 is 2.61 bits per heavy atom. The zero-order valence-electron chi connectivity index (χ0n) is 9.58. The highest BCUT2D eigenvalue weighted by Crippen LogP contribution is 2.18. The van der Waals surface area contributed by atoms with Gasteiger partial charge in [0.25, 0.3) is 0 Å². The molecule has 0 aliphatic rings. The Morgan fingerprint density at radius 1 is 1.11 bits per heavy atom. The number of oxime groups is 1. The van der Waals surface area contributed by atoms with E-state index in [9.17, 15) is 4.39 Å². The van der Waals surface area contributed by atoms with Gasteiger partial charge in [-0.15, -0.1) is 0 Å². The molecule has 0 unspecified atom stereocenters. The molecular weight excluding hydrogens is 233 g/mol. The number of hydrogen-bond acceptors (Lipinski definition) is 3. The SMILES string of the molecule is O/N=C\c1ccccc1OCc1ccccc1F. The lowest BCUT2D eigenvalue weighted by Crippen LogP contribution is -2.00. The number of hydrogen-bond donors (Lipinski definition) is 1. The van der Waals surface area contributed by atoms with Gasteiger partial charge in [0, 0.05) is 11.1 Å². The summed E-state index contributed by atoms with van der Waals surface area (Å²) < 4.78 is 18.9. The van der Waals surface area contributed by atoms with Crippen LogP contribution in [-0.2, 0) is 6.61 Å². The van der Waals surface area contributed by atoms with Crippen LogP contribution in [0.25, 0.3) is 0 Å². The van der Waals surface area contributed by atoms with E-state index in [-0.39, 0.29) is 12.4 Å². The van der Waals surface area contributed by atoms with Gasteiger partial charge in [0.05, 0.1) is 6.21 Å². The van der Waals surface area contributed by atoms with Gasteiger partial charge in [-0.2, -0.15) is 0 Å². The first-order chi connectivity index (χ1) is 8.81. The van der Waals surface area contributed by atoms with Crippen molar-refractivity contribution < 1.29 is 14.3 Å². The smallest absolute Gasteiger partial charge is 0.129 e. The molecule has 0 atom stereocenters. The van der Waals surface area contributed by atoms with Gasteiger partial charge in [-0.3, -0.25) is 0 Å². The molecule has 0 saturated carbocycles. The third-order valence-corrected chi connectivity index (χ3v) is 2.46. The fraction of sp³-hybridized carbons (Fsp3) is 0.0714. The molecule has 0 radical (unpaired) electrons. The van der Waals surface area contributed by atoms with Crippen molar-refractivity contribution in [1.82, 2.24) is 0 Å². The van der Waals surface area contributed by atoms with E-state index in [0.29, 0.717) is 16.9 Å². The fourth-order valence-electron chi connectivity index (χ4n) is 1.55. The Bertz CT molecular complexity index is 555. The molecule has 92 valence electrons. The Hall–Kier alpha value is -2.36. The third kappa shape index (κ3) is 2.85. The van der Waals surface area contributed by atoms with Crippen LogP contribution in [0.1, 0.15) is 11.1 Å². The Balaban J connectivity index is 2.13. The van der Waals surface area contributed by atoms with Crippen LogP contribution in [0.4, 0.5) is 4.39 Å². The van der Waals surface area contributed by atoms with Crippen molar-refractivity contribution in [3.05, 3.63) is 65.5 Å². The van der Waals surface area contributed by atoms with Crippen LogP contribution in [0.15, 0.2) is 53.7 Å². The highest BCUT2D eigenvalue weighted by Gasteiger charge is 2.04. The molecule has 0 saturated heterocycles. The number of para-hydroxylation sites is 1. The minimum Gasteiger partial charge on any atom is -0.488 e. The van der Waals surface area contributed by atoms with Crippen molar-refractivity contribution in [1.29, 1.82) is 0 Å². The van der Waals surface area contributed by atoms with Crippen LogP contribution < -0.4 is 4.74 Å². The van der Waals surface area contributed by atoms with E-state index < -0.39 is 0 Å². The first-order valence-electron chi connectivity index (χ1n) is 5.44. The minimum absolute atomic E-state index is 0.128. The van der Waals surface area contributed by atoms with Crippen LogP contribution in [0.5, 0.6) is 5.75 Å². The van der Waals surface area contributed by atoms with Gasteiger partial charge in [-0.25, -0.2) is 4.39 Å². The molecule has 0 spiro atoms. The molecule has 0 bridgehead atoms. The van der Waals surface area contributed by atoms with Crippen molar-refractivity contribution in [2.75, 3.05) is 0 Å². The maximum absolute atomic E-state index is 13.4. The van der Waals surface area contributed by atoms with Crippen molar-refractivity contribution in [3.63, 3.8) is 0 Å². The van der Waals surface area contributed by atoms with Gasteiger partial charge in [-0.1, -0.05) is 35.5 Å². The standard InChI is InChI=1S/C14H12FNO2/c15-13-7-3-1-6-12(13)10-18-14-8-4-2-5-11(14)9-16-17/h1-9,17H,10H2/b16-9-. The molecule has 4 heteroatoms. The summed E-state index contributed by atoms with van der Waals surface area (Å²) in [7, 11) is 0. The van der Waals surface area contributed by atoms with Crippen molar-refractivity contribution in [3.8, 4) is 5.75 Å². The van der Waals surface area contributed by atoms with E-state index in [0.717, 1.165) is 0 Å². The molecule has 1 N–H and O–H groups in total. The second kappa shape index (κ2) is 5.82. The molecule has 0 aromatic heterocycles. The summed E-state index contributed by atoms with van der Waals surface area (Å²) in [5, 5.41) is 11.5. The fourth-order valence-corrected chi connectivity index (χ4v) is 1.55. The highest BCUT2D eigenvalue weighted by molar-refractivity contribution is 5.82. The largest absolute Gasteiger partial charge is 0.488 e. The lowest BCUT2D eigenvalue weighted by Gasteiger charge is -2.09. The predicted octanol–water partition coefficient (Wildman–Crippen LogP) is 3.21. The van der Waals surface area contributed by atoms with Gasteiger partial charge in [0.2, 0.25) is 0 Å². The maximum Gasteiger partial charge on any atom is 0.129 e. The normalized spacial score (nSPS) is 10.7. The molecule has 0 aliphatic carbocycles. The van der Waals surface area contributed by atoms with Gasteiger partial charge in [0.15, 0.2) is 0 Å².